The molecule has 29 heavy (non-hydrogen) atoms. The molecule has 4 rings (SSSR count). The Hall–Kier alpha value is -3.11. The number of aromatic nitrogens is 2. The van der Waals surface area contributed by atoms with Crippen molar-refractivity contribution in [1.29, 1.82) is 0 Å². The van der Waals surface area contributed by atoms with Gasteiger partial charge in [0.15, 0.2) is 4.96 Å². The van der Waals surface area contributed by atoms with Crippen LogP contribution in [0.2, 0.25) is 0 Å². The average Bonchev–Trinajstić information content (AvgIpc) is 3.24. The maximum Gasteiger partial charge on any atom is 0.270 e. The van der Waals surface area contributed by atoms with Crippen molar-refractivity contribution in [2.45, 2.75) is 6.92 Å². The molecule has 1 amide bonds. The number of nitro benzene ring substituents is 1. The molecule has 146 valence electrons. The fourth-order valence-corrected chi connectivity index (χ4v) is 4.19. The van der Waals surface area contributed by atoms with Crippen molar-refractivity contribution in [2.75, 3.05) is 5.32 Å². The summed E-state index contributed by atoms with van der Waals surface area (Å²) in [5.41, 5.74) is 1.88. The van der Waals surface area contributed by atoms with Gasteiger partial charge in [0.05, 0.1) is 16.3 Å². The second-order valence-corrected chi connectivity index (χ2v) is 8.07. The summed E-state index contributed by atoms with van der Waals surface area (Å²) in [6, 6.07) is 10.6. The zero-order valence-electron chi connectivity index (χ0n) is 14.8. The lowest BCUT2D eigenvalue weighted by atomic mass is 10.1. The van der Waals surface area contributed by atoms with E-state index < -0.39 is 16.6 Å². The van der Waals surface area contributed by atoms with E-state index >= 15 is 0 Å². The summed E-state index contributed by atoms with van der Waals surface area (Å²) in [6.07, 6.45) is 1.72. The number of nitro groups is 1. The van der Waals surface area contributed by atoms with Gasteiger partial charge in [-0.15, -0.1) is 0 Å². The van der Waals surface area contributed by atoms with Gasteiger partial charge in [-0.2, -0.15) is 0 Å². The van der Waals surface area contributed by atoms with Crippen LogP contribution in [0.15, 0.2) is 53.1 Å². The van der Waals surface area contributed by atoms with Crippen LogP contribution >= 0.6 is 27.3 Å². The van der Waals surface area contributed by atoms with E-state index in [9.17, 15) is 19.3 Å². The summed E-state index contributed by atoms with van der Waals surface area (Å²) in [7, 11) is 0. The summed E-state index contributed by atoms with van der Waals surface area (Å²) in [5.74, 6) is -0.976. The zero-order chi connectivity index (χ0) is 20.7. The van der Waals surface area contributed by atoms with Crippen molar-refractivity contribution in [2.24, 2.45) is 0 Å². The molecule has 0 bridgehead atoms. The van der Waals surface area contributed by atoms with Gasteiger partial charge in [0.2, 0.25) is 0 Å². The highest BCUT2D eigenvalue weighted by Gasteiger charge is 2.20. The SMILES string of the molecule is Cc1c(C(=O)Nc2ccc(Br)cc2F)sc2nc(-c3cccc([N+](=O)[O-])c3)cn12. The number of halogens is 2. The van der Waals surface area contributed by atoms with E-state index in [0.717, 1.165) is 11.3 Å². The number of non-ortho nitro benzene ring substituents is 1. The molecule has 0 unspecified atom stereocenters. The number of hydrogen-bond acceptors (Lipinski definition) is 5. The Bertz CT molecular complexity index is 1280. The number of rotatable bonds is 4. The van der Waals surface area contributed by atoms with Crippen LogP contribution in [0.1, 0.15) is 15.4 Å². The average molecular weight is 475 g/mol. The summed E-state index contributed by atoms with van der Waals surface area (Å²) >= 11 is 4.34. The minimum atomic E-state index is -0.542. The molecule has 2 aromatic heterocycles. The van der Waals surface area contributed by atoms with Crippen LogP contribution in [0, 0.1) is 22.9 Å². The highest BCUT2D eigenvalue weighted by atomic mass is 79.9. The number of carbonyl (C=O) groups excluding carboxylic acids is 1. The van der Waals surface area contributed by atoms with E-state index in [4.69, 9.17) is 0 Å². The van der Waals surface area contributed by atoms with E-state index in [0.29, 0.717) is 31.3 Å². The Balaban J connectivity index is 1.65. The molecule has 7 nitrogen and oxygen atoms in total. The third-order valence-corrected chi connectivity index (χ3v) is 5.94. The monoisotopic (exact) mass is 474 g/mol. The van der Waals surface area contributed by atoms with Gasteiger partial charge in [-0.25, -0.2) is 9.37 Å². The van der Waals surface area contributed by atoms with Gasteiger partial charge in [-0.1, -0.05) is 39.4 Å². The van der Waals surface area contributed by atoms with Crippen LogP contribution in [0.5, 0.6) is 0 Å². The van der Waals surface area contributed by atoms with E-state index in [1.807, 2.05) is 0 Å². The highest BCUT2D eigenvalue weighted by Crippen LogP contribution is 2.29. The molecule has 0 aliphatic carbocycles. The molecule has 0 saturated carbocycles. The van der Waals surface area contributed by atoms with E-state index in [2.05, 4.69) is 26.2 Å². The number of anilines is 1. The fourth-order valence-electron chi connectivity index (χ4n) is 2.85. The van der Waals surface area contributed by atoms with Crippen LogP contribution < -0.4 is 5.32 Å². The summed E-state index contributed by atoms with van der Waals surface area (Å²) < 4.78 is 16.3. The third kappa shape index (κ3) is 3.64. The summed E-state index contributed by atoms with van der Waals surface area (Å²) in [5, 5.41) is 13.6. The third-order valence-electron chi connectivity index (χ3n) is 4.30. The van der Waals surface area contributed by atoms with Gasteiger partial charge in [0.1, 0.15) is 10.7 Å². The molecule has 0 saturated heterocycles. The quantitative estimate of drug-likeness (QED) is 0.315. The summed E-state index contributed by atoms with van der Waals surface area (Å²) in [4.78, 5) is 28.6. The number of aryl methyl sites for hydroxylation is 1. The lowest BCUT2D eigenvalue weighted by Gasteiger charge is -2.06. The molecule has 0 fully saturated rings. The van der Waals surface area contributed by atoms with Crippen LogP contribution in [0.4, 0.5) is 15.8 Å². The zero-order valence-corrected chi connectivity index (χ0v) is 17.3. The lowest BCUT2D eigenvalue weighted by Crippen LogP contribution is -2.13. The van der Waals surface area contributed by atoms with Crippen molar-refractivity contribution < 1.29 is 14.1 Å². The van der Waals surface area contributed by atoms with Crippen molar-refractivity contribution in [3.63, 3.8) is 0 Å². The first kappa shape index (κ1) is 19.2. The van der Waals surface area contributed by atoms with Gasteiger partial charge in [0.25, 0.3) is 11.6 Å². The number of benzene rings is 2. The molecule has 10 heteroatoms. The van der Waals surface area contributed by atoms with Gasteiger partial charge in [-0.3, -0.25) is 19.3 Å². The van der Waals surface area contributed by atoms with Crippen LogP contribution in [-0.4, -0.2) is 20.2 Å². The van der Waals surface area contributed by atoms with Gasteiger partial charge >= 0.3 is 0 Å². The number of hydrogen-bond donors (Lipinski definition) is 1. The molecule has 0 spiro atoms. The predicted molar refractivity (Wildman–Crippen MR) is 112 cm³/mol. The molecule has 0 radical (unpaired) electrons. The first-order chi connectivity index (χ1) is 13.8. The number of nitrogens with zero attached hydrogens (tertiary/aromatic N) is 3. The fraction of sp³-hybridized carbons (Fsp3) is 0.0526. The molecule has 0 aliphatic rings. The Kier molecular flexibility index (Phi) is 4.89. The van der Waals surface area contributed by atoms with E-state index in [1.54, 1.807) is 35.7 Å². The number of fused-ring (bicyclic) bond motifs is 1. The highest BCUT2D eigenvalue weighted by molar-refractivity contribution is 9.10. The van der Waals surface area contributed by atoms with Crippen LogP contribution in [0.25, 0.3) is 16.2 Å². The molecule has 4 aromatic rings. The minimum Gasteiger partial charge on any atom is -0.319 e. The number of thiazole rings is 1. The second-order valence-electron chi connectivity index (χ2n) is 6.18. The molecule has 2 aromatic carbocycles. The van der Waals surface area contributed by atoms with Gasteiger partial charge in [-0.05, 0) is 25.1 Å². The van der Waals surface area contributed by atoms with Crippen molar-refractivity contribution >= 4 is 49.5 Å². The Labute approximate surface area is 176 Å². The molecule has 0 aliphatic heterocycles. The smallest absolute Gasteiger partial charge is 0.270 e. The molecule has 0 atom stereocenters. The van der Waals surface area contributed by atoms with E-state index in [-0.39, 0.29) is 11.4 Å². The molecule has 2 heterocycles. The lowest BCUT2D eigenvalue weighted by molar-refractivity contribution is -0.384. The molecular weight excluding hydrogens is 463 g/mol. The summed E-state index contributed by atoms with van der Waals surface area (Å²) in [6.45, 7) is 1.76. The predicted octanol–water partition coefficient (Wildman–Crippen LogP) is 5.43. The van der Waals surface area contributed by atoms with Crippen molar-refractivity contribution in [1.82, 2.24) is 9.38 Å². The maximum atomic E-state index is 14.0. The topological polar surface area (TPSA) is 89.5 Å². The van der Waals surface area contributed by atoms with Gasteiger partial charge < -0.3 is 5.32 Å². The standard InChI is InChI=1S/C19H12BrFN4O3S/c1-10-17(18(26)22-15-6-5-12(20)8-14(15)21)29-19-23-16(9-24(10)19)11-3-2-4-13(7-11)25(27)28/h2-9H,1H3,(H,22,26). The first-order valence-corrected chi connectivity index (χ1v) is 9.94. The van der Waals surface area contributed by atoms with Crippen LogP contribution in [0.3, 0.4) is 0 Å². The normalized spacial score (nSPS) is 11.0. The Morgan fingerprint density at radius 2 is 2.10 bits per heavy atom. The molecule has 1 N–H and O–H groups in total. The number of nitrogens with one attached hydrogen (secondary N) is 1. The Morgan fingerprint density at radius 1 is 1.31 bits per heavy atom. The maximum absolute atomic E-state index is 14.0. The van der Waals surface area contributed by atoms with E-state index in [1.165, 1.54) is 24.3 Å². The second kappa shape index (κ2) is 7.37. The van der Waals surface area contributed by atoms with Gasteiger partial charge in [0, 0.05) is 34.1 Å². The minimum absolute atomic E-state index is 0.0211. The van der Waals surface area contributed by atoms with Crippen molar-refractivity contribution in [3.8, 4) is 11.3 Å². The van der Waals surface area contributed by atoms with Crippen LogP contribution in [-0.2, 0) is 0 Å². The number of carbonyl (C=O) groups is 1. The Morgan fingerprint density at radius 3 is 2.79 bits per heavy atom. The first-order valence-electron chi connectivity index (χ1n) is 8.33. The number of amides is 1. The largest absolute Gasteiger partial charge is 0.319 e. The number of imidazole rings is 1. The molecular formula is C19H12BrFN4O3S. The van der Waals surface area contributed by atoms with Crippen molar-refractivity contribution in [3.05, 3.63) is 79.6 Å².